The van der Waals surface area contributed by atoms with Crippen LogP contribution in [0.4, 0.5) is 5.69 Å². The van der Waals surface area contributed by atoms with Gasteiger partial charge in [-0.15, -0.1) is 0 Å². The molecular weight excluding hydrogens is 292 g/mol. The smallest absolute Gasteiger partial charge is 0.255 e. The van der Waals surface area contributed by atoms with Crippen LogP contribution in [0.25, 0.3) is 0 Å². The lowest BCUT2D eigenvalue weighted by atomic mass is 9.93. The average molecular weight is 318 g/mol. The third-order valence-electron chi connectivity index (χ3n) is 4.81. The molecule has 5 nitrogen and oxygen atoms in total. The van der Waals surface area contributed by atoms with Crippen LogP contribution in [0.15, 0.2) is 24.3 Å². The van der Waals surface area contributed by atoms with E-state index in [-0.39, 0.29) is 11.8 Å². The summed E-state index contributed by atoms with van der Waals surface area (Å²) in [6.07, 6.45) is 1.07. The van der Waals surface area contributed by atoms with Crippen molar-refractivity contribution in [1.82, 2.24) is 4.90 Å². The number of rotatable bonds is 4. The van der Waals surface area contributed by atoms with Gasteiger partial charge >= 0.3 is 0 Å². The second-order valence-corrected chi connectivity index (χ2v) is 6.54. The molecule has 0 saturated heterocycles. The van der Waals surface area contributed by atoms with Gasteiger partial charge in [0.05, 0.1) is 0 Å². The molecule has 2 N–H and O–H groups in total. The largest absolute Gasteiger partial charge is 0.380 e. The number of nitrogens with one attached hydrogen (secondary N) is 1. The minimum atomic E-state index is -1.47. The standard InChI is InChI=1S/C18H26N2O3/c1-5-12(3)15-16(21)19-14-10-8-7-9-13(14)11-20(15)17(22)18(4,23)6-2/h7-10,12,15,23H,5-6,11H2,1-4H3,(H,19,21)/t12-,15-,18-/m0/s1. The monoisotopic (exact) mass is 318 g/mol. The molecule has 2 amide bonds. The average Bonchev–Trinajstić information content (AvgIpc) is 2.68. The predicted molar refractivity (Wildman–Crippen MR) is 89.8 cm³/mol. The van der Waals surface area contributed by atoms with E-state index in [9.17, 15) is 14.7 Å². The first-order valence-electron chi connectivity index (χ1n) is 8.24. The summed E-state index contributed by atoms with van der Waals surface area (Å²) in [6, 6.07) is 6.90. The van der Waals surface area contributed by atoms with Crippen LogP contribution in [-0.2, 0) is 16.1 Å². The third kappa shape index (κ3) is 3.39. The summed E-state index contributed by atoms with van der Waals surface area (Å²) in [4.78, 5) is 27.1. The zero-order valence-corrected chi connectivity index (χ0v) is 14.3. The number of anilines is 1. The lowest BCUT2D eigenvalue weighted by molar-refractivity contribution is -0.156. The van der Waals surface area contributed by atoms with Crippen LogP contribution >= 0.6 is 0 Å². The normalized spacial score (nSPS) is 21.7. The molecule has 1 heterocycles. The van der Waals surface area contributed by atoms with Crippen molar-refractivity contribution in [2.45, 2.75) is 58.7 Å². The van der Waals surface area contributed by atoms with Gasteiger partial charge < -0.3 is 15.3 Å². The number of fused-ring (bicyclic) bond motifs is 1. The fourth-order valence-corrected chi connectivity index (χ4v) is 2.86. The van der Waals surface area contributed by atoms with E-state index in [2.05, 4.69) is 5.32 Å². The van der Waals surface area contributed by atoms with Gasteiger partial charge in [0, 0.05) is 12.2 Å². The Labute approximate surface area is 137 Å². The summed E-state index contributed by atoms with van der Waals surface area (Å²) in [6.45, 7) is 7.55. The van der Waals surface area contributed by atoms with Crippen molar-refractivity contribution in [3.8, 4) is 0 Å². The number of hydrogen-bond donors (Lipinski definition) is 2. The fourth-order valence-electron chi connectivity index (χ4n) is 2.86. The van der Waals surface area contributed by atoms with Gasteiger partial charge in [-0.25, -0.2) is 0 Å². The Morgan fingerprint density at radius 2 is 2.09 bits per heavy atom. The van der Waals surface area contributed by atoms with Gasteiger partial charge in [-0.2, -0.15) is 0 Å². The van der Waals surface area contributed by atoms with E-state index in [1.54, 1.807) is 11.8 Å². The summed E-state index contributed by atoms with van der Waals surface area (Å²) in [7, 11) is 0. The molecule has 0 aromatic heterocycles. The molecule has 1 aromatic carbocycles. The van der Waals surface area contributed by atoms with Crippen LogP contribution in [0, 0.1) is 5.92 Å². The van der Waals surface area contributed by atoms with E-state index in [4.69, 9.17) is 0 Å². The topological polar surface area (TPSA) is 69.6 Å². The summed E-state index contributed by atoms with van der Waals surface area (Å²) in [5.74, 6) is -0.581. The van der Waals surface area contributed by atoms with Crippen molar-refractivity contribution in [3.05, 3.63) is 29.8 Å². The zero-order valence-electron chi connectivity index (χ0n) is 14.3. The molecule has 0 saturated carbocycles. The molecule has 0 fully saturated rings. The summed E-state index contributed by atoms with van der Waals surface area (Å²) in [5, 5.41) is 13.3. The first-order chi connectivity index (χ1) is 10.8. The van der Waals surface area contributed by atoms with Gasteiger partial charge in [0.2, 0.25) is 5.91 Å². The van der Waals surface area contributed by atoms with Crippen LogP contribution in [0.3, 0.4) is 0 Å². The number of amides is 2. The number of carbonyl (C=O) groups is 2. The molecule has 1 aliphatic heterocycles. The van der Waals surface area contributed by atoms with Crippen LogP contribution < -0.4 is 5.32 Å². The molecule has 5 heteroatoms. The molecule has 0 spiro atoms. The first-order valence-corrected chi connectivity index (χ1v) is 8.24. The highest BCUT2D eigenvalue weighted by atomic mass is 16.3. The molecule has 126 valence electrons. The molecule has 3 atom stereocenters. The molecule has 0 unspecified atom stereocenters. The lowest BCUT2D eigenvalue weighted by Crippen LogP contribution is -2.55. The van der Waals surface area contributed by atoms with Gasteiger partial charge in [0.15, 0.2) is 0 Å². The number of nitrogens with zero attached hydrogens (tertiary/aromatic N) is 1. The number of carbonyl (C=O) groups excluding carboxylic acids is 2. The van der Waals surface area contributed by atoms with Gasteiger partial charge in [0.25, 0.3) is 5.91 Å². The van der Waals surface area contributed by atoms with Crippen molar-refractivity contribution in [1.29, 1.82) is 0 Å². The fraction of sp³-hybridized carbons (Fsp3) is 0.556. The Morgan fingerprint density at radius 1 is 1.43 bits per heavy atom. The molecule has 2 rings (SSSR count). The second kappa shape index (κ2) is 6.71. The summed E-state index contributed by atoms with van der Waals surface area (Å²) >= 11 is 0. The van der Waals surface area contributed by atoms with E-state index < -0.39 is 17.6 Å². The van der Waals surface area contributed by atoms with Crippen molar-refractivity contribution >= 4 is 17.5 Å². The Bertz CT molecular complexity index is 598. The minimum absolute atomic E-state index is 0.000850. The van der Waals surface area contributed by atoms with Crippen LogP contribution in [0.2, 0.25) is 0 Å². The number of benzene rings is 1. The molecule has 1 aliphatic rings. The number of hydrogen-bond acceptors (Lipinski definition) is 3. The van der Waals surface area contributed by atoms with Crippen molar-refractivity contribution < 1.29 is 14.7 Å². The molecular formula is C18H26N2O3. The maximum absolute atomic E-state index is 12.9. The highest BCUT2D eigenvalue weighted by Gasteiger charge is 2.42. The molecule has 23 heavy (non-hydrogen) atoms. The van der Waals surface area contributed by atoms with Gasteiger partial charge in [-0.3, -0.25) is 9.59 Å². The highest BCUT2D eigenvalue weighted by Crippen LogP contribution is 2.29. The lowest BCUT2D eigenvalue weighted by Gasteiger charge is -2.36. The Morgan fingerprint density at radius 3 is 2.70 bits per heavy atom. The maximum atomic E-state index is 12.9. The predicted octanol–water partition coefficient (Wildman–Crippen LogP) is 2.54. The number of aliphatic hydroxyl groups is 1. The van der Waals surface area contributed by atoms with Gasteiger partial charge in [0.1, 0.15) is 11.6 Å². The molecule has 0 bridgehead atoms. The van der Waals surface area contributed by atoms with Crippen LogP contribution in [-0.4, -0.2) is 33.5 Å². The van der Waals surface area contributed by atoms with Gasteiger partial charge in [-0.1, -0.05) is 45.4 Å². The Hall–Kier alpha value is -1.88. The quantitative estimate of drug-likeness (QED) is 0.896. The molecule has 1 aromatic rings. The van der Waals surface area contributed by atoms with E-state index in [0.717, 1.165) is 17.7 Å². The number of para-hydroxylation sites is 1. The summed E-state index contributed by atoms with van der Waals surface area (Å²) < 4.78 is 0. The van der Waals surface area contributed by atoms with E-state index in [0.29, 0.717) is 13.0 Å². The van der Waals surface area contributed by atoms with E-state index >= 15 is 0 Å². The Balaban J connectivity index is 2.48. The van der Waals surface area contributed by atoms with Crippen molar-refractivity contribution in [2.75, 3.05) is 5.32 Å². The highest BCUT2D eigenvalue weighted by molar-refractivity contribution is 6.00. The van der Waals surface area contributed by atoms with Crippen molar-refractivity contribution in [3.63, 3.8) is 0 Å². The van der Waals surface area contributed by atoms with E-state index in [1.807, 2.05) is 38.1 Å². The van der Waals surface area contributed by atoms with Crippen LogP contribution in [0.5, 0.6) is 0 Å². The third-order valence-corrected chi connectivity index (χ3v) is 4.81. The van der Waals surface area contributed by atoms with Crippen molar-refractivity contribution in [2.24, 2.45) is 5.92 Å². The zero-order chi connectivity index (χ0) is 17.2. The summed E-state index contributed by atoms with van der Waals surface area (Å²) in [5.41, 5.74) is 0.148. The molecule has 0 radical (unpaired) electrons. The van der Waals surface area contributed by atoms with Gasteiger partial charge in [-0.05, 0) is 30.9 Å². The molecule has 0 aliphatic carbocycles. The second-order valence-electron chi connectivity index (χ2n) is 6.54. The van der Waals surface area contributed by atoms with E-state index in [1.165, 1.54) is 6.92 Å². The maximum Gasteiger partial charge on any atom is 0.255 e. The first kappa shape index (κ1) is 17.5. The SMILES string of the molecule is CC[C@H](C)[C@H]1C(=O)Nc2ccccc2CN1C(=O)[C@@](C)(O)CC. The van der Waals surface area contributed by atoms with Crippen LogP contribution in [0.1, 0.15) is 46.1 Å². The Kier molecular flexibility index (Phi) is 5.09. The minimum Gasteiger partial charge on any atom is -0.380 e.